The number of aliphatic imine (C=N–C) groups is 1. The third-order valence-electron chi connectivity index (χ3n) is 4.19. The maximum absolute atomic E-state index is 12.6. The SMILES string of the molecule is CN=C(NCCC(C)C)NC1CCN(c2ccccc2OC(F)F)C1. The summed E-state index contributed by atoms with van der Waals surface area (Å²) in [5, 5.41) is 6.72. The van der Waals surface area contributed by atoms with Gasteiger partial charge in [-0.3, -0.25) is 4.99 Å². The standard InChI is InChI=1S/C18H28F2N4O/c1-13(2)8-10-22-18(21-3)23-14-9-11-24(12-14)15-6-4-5-7-16(15)25-17(19)20/h4-7,13-14,17H,8-12H2,1-3H3,(H2,21,22,23). The number of nitrogens with zero attached hydrogens (tertiary/aromatic N) is 2. The van der Waals surface area contributed by atoms with Gasteiger partial charge in [-0.05, 0) is 30.9 Å². The van der Waals surface area contributed by atoms with Crippen LogP contribution in [0.4, 0.5) is 14.5 Å². The number of nitrogens with one attached hydrogen (secondary N) is 2. The van der Waals surface area contributed by atoms with Crippen molar-refractivity contribution in [3.63, 3.8) is 0 Å². The lowest BCUT2D eigenvalue weighted by Gasteiger charge is -2.22. The number of anilines is 1. The van der Waals surface area contributed by atoms with Crippen LogP contribution in [0.15, 0.2) is 29.3 Å². The average Bonchev–Trinajstić information content (AvgIpc) is 3.02. The van der Waals surface area contributed by atoms with Gasteiger partial charge in [0.25, 0.3) is 0 Å². The molecule has 1 fully saturated rings. The second-order valence-electron chi connectivity index (χ2n) is 6.60. The van der Waals surface area contributed by atoms with Gasteiger partial charge in [0.05, 0.1) is 5.69 Å². The highest BCUT2D eigenvalue weighted by Gasteiger charge is 2.25. The summed E-state index contributed by atoms with van der Waals surface area (Å²) in [6, 6.07) is 7.14. The van der Waals surface area contributed by atoms with Gasteiger partial charge in [-0.2, -0.15) is 8.78 Å². The molecule has 0 amide bonds. The second kappa shape index (κ2) is 9.44. The summed E-state index contributed by atoms with van der Waals surface area (Å²) < 4.78 is 29.8. The van der Waals surface area contributed by atoms with Crippen LogP contribution in [0.3, 0.4) is 0 Å². The molecule has 0 spiro atoms. The molecule has 5 nitrogen and oxygen atoms in total. The Kier molecular flexibility index (Phi) is 7.28. The molecule has 1 atom stereocenters. The number of hydrogen-bond donors (Lipinski definition) is 2. The second-order valence-corrected chi connectivity index (χ2v) is 6.60. The molecule has 1 saturated heterocycles. The quantitative estimate of drug-likeness (QED) is 0.584. The highest BCUT2D eigenvalue weighted by atomic mass is 19.3. The molecule has 0 radical (unpaired) electrons. The summed E-state index contributed by atoms with van der Waals surface area (Å²) in [6.45, 7) is 3.93. The molecule has 0 aliphatic carbocycles. The molecule has 0 bridgehead atoms. The number of para-hydroxylation sites is 2. The van der Waals surface area contributed by atoms with E-state index < -0.39 is 6.61 Å². The van der Waals surface area contributed by atoms with Gasteiger partial charge in [-0.1, -0.05) is 26.0 Å². The molecule has 25 heavy (non-hydrogen) atoms. The third kappa shape index (κ3) is 6.07. The predicted molar refractivity (Wildman–Crippen MR) is 97.6 cm³/mol. The van der Waals surface area contributed by atoms with Crippen molar-refractivity contribution in [3.8, 4) is 5.75 Å². The first kappa shape index (κ1) is 19.3. The van der Waals surface area contributed by atoms with Gasteiger partial charge < -0.3 is 20.3 Å². The molecule has 0 saturated carbocycles. The number of rotatable bonds is 7. The molecular formula is C18H28F2N4O. The Labute approximate surface area is 148 Å². The van der Waals surface area contributed by atoms with E-state index in [4.69, 9.17) is 0 Å². The highest BCUT2D eigenvalue weighted by Crippen LogP contribution is 2.31. The van der Waals surface area contributed by atoms with E-state index in [1.165, 1.54) is 0 Å². The van der Waals surface area contributed by atoms with Crippen LogP contribution in [0.5, 0.6) is 5.75 Å². The van der Waals surface area contributed by atoms with Crippen molar-refractivity contribution in [2.24, 2.45) is 10.9 Å². The van der Waals surface area contributed by atoms with Gasteiger partial charge in [0.1, 0.15) is 5.75 Å². The van der Waals surface area contributed by atoms with Crippen LogP contribution in [-0.2, 0) is 0 Å². The minimum absolute atomic E-state index is 0.213. The lowest BCUT2D eigenvalue weighted by atomic mass is 10.1. The summed E-state index contributed by atoms with van der Waals surface area (Å²) in [7, 11) is 1.75. The molecule has 2 rings (SSSR count). The smallest absolute Gasteiger partial charge is 0.387 e. The zero-order valence-electron chi connectivity index (χ0n) is 15.1. The first-order valence-electron chi connectivity index (χ1n) is 8.75. The molecule has 1 unspecified atom stereocenters. The summed E-state index contributed by atoms with van der Waals surface area (Å²) in [4.78, 5) is 6.32. The van der Waals surface area contributed by atoms with Crippen LogP contribution in [-0.4, -0.2) is 45.3 Å². The number of hydrogen-bond acceptors (Lipinski definition) is 3. The molecule has 7 heteroatoms. The molecule has 1 aromatic rings. The van der Waals surface area contributed by atoms with Gasteiger partial charge in [-0.25, -0.2) is 0 Å². The summed E-state index contributed by atoms with van der Waals surface area (Å²) >= 11 is 0. The molecule has 1 aliphatic heterocycles. The molecule has 140 valence electrons. The van der Waals surface area contributed by atoms with E-state index in [0.29, 0.717) is 18.2 Å². The fourth-order valence-electron chi connectivity index (χ4n) is 2.88. The van der Waals surface area contributed by atoms with Crippen molar-refractivity contribution < 1.29 is 13.5 Å². The Bertz CT molecular complexity index is 566. The molecule has 0 aromatic heterocycles. The number of benzene rings is 1. The number of halogens is 2. The lowest BCUT2D eigenvalue weighted by Crippen LogP contribution is -2.45. The maximum Gasteiger partial charge on any atom is 0.387 e. The molecule has 1 aromatic carbocycles. The Hall–Kier alpha value is -2.05. The van der Waals surface area contributed by atoms with Gasteiger partial charge in [0.15, 0.2) is 5.96 Å². The fraction of sp³-hybridized carbons (Fsp3) is 0.611. The summed E-state index contributed by atoms with van der Waals surface area (Å²) in [5.74, 6) is 1.64. The Morgan fingerprint density at radius 2 is 2.12 bits per heavy atom. The van der Waals surface area contributed by atoms with E-state index in [-0.39, 0.29) is 11.8 Å². The monoisotopic (exact) mass is 354 g/mol. The number of guanidine groups is 1. The maximum atomic E-state index is 12.6. The Morgan fingerprint density at radius 1 is 1.36 bits per heavy atom. The van der Waals surface area contributed by atoms with E-state index in [9.17, 15) is 8.78 Å². The predicted octanol–water partition coefficient (Wildman–Crippen LogP) is 3.08. The highest BCUT2D eigenvalue weighted by molar-refractivity contribution is 5.80. The minimum Gasteiger partial charge on any atom is -0.433 e. The van der Waals surface area contributed by atoms with Crippen LogP contribution in [0.25, 0.3) is 0 Å². The molecule has 1 heterocycles. The van der Waals surface area contributed by atoms with Crippen LogP contribution < -0.4 is 20.3 Å². The third-order valence-corrected chi connectivity index (χ3v) is 4.19. The van der Waals surface area contributed by atoms with Crippen molar-refractivity contribution in [2.45, 2.75) is 39.3 Å². The zero-order valence-corrected chi connectivity index (χ0v) is 15.1. The fourth-order valence-corrected chi connectivity index (χ4v) is 2.88. The first-order valence-corrected chi connectivity index (χ1v) is 8.75. The average molecular weight is 354 g/mol. The molecule has 1 aliphatic rings. The van der Waals surface area contributed by atoms with Gasteiger partial charge in [0, 0.05) is 32.7 Å². The van der Waals surface area contributed by atoms with Crippen LogP contribution in [0.2, 0.25) is 0 Å². The number of ether oxygens (including phenoxy) is 1. The Balaban J connectivity index is 1.91. The van der Waals surface area contributed by atoms with Gasteiger partial charge in [-0.15, -0.1) is 0 Å². The van der Waals surface area contributed by atoms with E-state index >= 15 is 0 Å². The van der Waals surface area contributed by atoms with E-state index in [2.05, 4.69) is 39.1 Å². The van der Waals surface area contributed by atoms with Gasteiger partial charge in [0.2, 0.25) is 0 Å². The van der Waals surface area contributed by atoms with Gasteiger partial charge >= 0.3 is 6.61 Å². The van der Waals surface area contributed by atoms with Crippen LogP contribution in [0, 0.1) is 5.92 Å². The molecule has 2 N–H and O–H groups in total. The van der Waals surface area contributed by atoms with Crippen molar-refractivity contribution in [1.29, 1.82) is 0 Å². The van der Waals surface area contributed by atoms with Crippen LogP contribution >= 0.6 is 0 Å². The van der Waals surface area contributed by atoms with Crippen molar-refractivity contribution in [1.82, 2.24) is 10.6 Å². The normalized spacial score (nSPS) is 18.1. The van der Waals surface area contributed by atoms with Crippen molar-refractivity contribution in [3.05, 3.63) is 24.3 Å². The van der Waals surface area contributed by atoms with E-state index in [1.807, 2.05) is 12.1 Å². The van der Waals surface area contributed by atoms with E-state index in [1.54, 1.807) is 19.2 Å². The zero-order chi connectivity index (χ0) is 18.2. The van der Waals surface area contributed by atoms with Crippen molar-refractivity contribution in [2.75, 3.05) is 31.6 Å². The minimum atomic E-state index is -2.82. The Morgan fingerprint density at radius 3 is 2.80 bits per heavy atom. The lowest BCUT2D eigenvalue weighted by molar-refractivity contribution is -0.0495. The largest absolute Gasteiger partial charge is 0.433 e. The topological polar surface area (TPSA) is 48.9 Å². The number of alkyl halides is 2. The molecular weight excluding hydrogens is 326 g/mol. The summed E-state index contributed by atoms with van der Waals surface area (Å²) in [5.41, 5.74) is 0.704. The van der Waals surface area contributed by atoms with Crippen molar-refractivity contribution >= 4 is 11.6 Å². The summed E-state index contributed by atoms with van der Waals surface area (Å²) in [6.07, 6.45) is 1.99. The first-order chi connectivity index (χ1) is 12.0. The van der Waals surface area contributed by atoms with Crippen LogP contribution in [0.1, 0.15) is 26.7 Å². The van der Waals surface area contributed by atoms with E-state index in [0.717, 1.165) is 31.9 Å².